The molecule has 1 fully saturated rings. The van der Waals surface area contributed by atoms with Crippen LogP contribution in [0.15, 0.2) is 54.9 Å². The van der Waals surface area contributed by atoms with Crippen LogP contribution < -0.4 is 4.74 Å². The molecule has 0 spiro atoms. The molecule has 4 heteroatoms. The molecule has 0 saturated heterocycles. The van der Waals surface area contributed by atoms with E-state index in [1.54, 1.807) is 0 Å². The number of nitrogens with zero attached hydrogens (tertiary/aromatic N) is 2. The number of benzene rings is 2. The average Bonchev–Trinajstić information content (AvgIpc) is 2.90. The van der Waals surface area contributed by atoms with Crippen LogP contribution in [-0.4, -0.2) is 9.97 Å². The maximum atomic E-state index is 6.44. The number of aromatic nitrogens is 2. The van der Waals surface area contributed by atoms with Gasteiger partial charge in [0.15, 0.2) is 0 Å². The Kier molecular flexibility index (Phi) is 9.53. The summed E-state index contributed by atoms with van der Waals surface area (Å²) in [4.78, 5) is 9.52. The largest absolute Gasteiger partial charge is 2.00 e. The molecule has 2 aromatic heterocycles. The van der Waals surface area contributed by atoms with Crippen molar-refractivity contribution in [1.29, 1.82) is 0 Å². The van der Waals surface area contributed by atoms with Gasteiger partial charge in [-0.05, 0) is 90.8 Å². The third kappa shape index (κ3) is 7.23. The van der Waals surface area contributed by atoms with Crippen LogP contribution in [0.2, 0.25) is 0 Å². The van der Waals surface area contributed by atoms with Crippen molar-refractivity contribution in [3.05, 3.63) is 94.8 Å². The van der Waals surface area contributed by atoms with Crippen molar-refractivity contribution < 1.29 is 25.8 Å². The first kappa shape index (κ1) is 32.1. The molecule has 4 aromatic rings. The van der Waals surface area contributed by atoms with Crippen molar-refractivity contribution in [2.24, 2.45) is 11.3 Å². The van der Waals surface area contributed by atoms with E-state index < -0.39 is 0 Å². The van der Waals surface area contributed by atoms with Crippen LogP contribution in [0.5, 0.6) is 11.5 Å². The molecule has 2 heterocycles. The molecule has 0 N–H and O–H groups in total. The topological polar surface area (TPSA) is 35.0 Å². The van der Waals surface area contributed by atoms with Gasteiger partial charge >= 0.3 is 21.1 Å². The fraction of sp³-hybridized carbons (Fsp3) is 0.421. The van der Waals surface area contributed by atoms with Crippen LogP contribution in [0.25, 0.3) is 22.5 Å². The minimum absolute atomic E-state index is 0. The summed E-state index contributed by atoms with van der Waals surface area (Å²) in [5.41, 5.74) is 10.4. The quantitative estimate of drug-likeness (QED) is 0.191. The minimum atomic E-state index is -0.0546. The molecule has 1 saturated carbocycles. The van der Waals surface area contributed by atoms with Crippen LogP contribution in [0, 0.1) is 44.2 Å². The fourth-order valence-electron chi connectivity index (χ4n) is 6.21. The van der Waals surface area contributed by atoms with Gasteiger partial charge in [0, 0.05) is 23.9 Å². The van der Waals surface area contributed by atoms with Gasteiger partial charge in [-0.15, -0.1) is 41.0 Å². The van der Waals surface area contributed by atoms with E-state index in [1.807, 2.05) is 24.5 Å². The monoisotopic (exact) mass is 739 g/mol. The van der Waals surface area contributed by atoms with E-state index in [9.17, 15) is 0 Å². The molecule has 0 aliphatic heterocycles. The number of hydrogen-bond donors (Lipinski definition) is 0. The normalized spacial score (nSPS) is 18.3. The molecular formula is C38H44N2OPt. The Morgan fingerprint density at radius 2 is 1.50 bits per heavy atom. The van der Waals surface area contributed by atoms with Gasteiger partial charge in [-0.3, -0.25) is 0 Å². The first-order chi connectivity index (χ1) is 19.3. The summed E-state index contributed by atoms with van der Waals surface area (Å²) < 4.78 is 6.44. The van der Waals surface area contributed by atoms with Gasteiger partial charge in [-0.1, -0.05) is 77.4 Å². The molecule has 5 rings (SSSR count). The van der Waals surface area contributed by atoms with Crippen LogP contribution in [0.1, 0.15) is 94.5 Å². The van der Waals surface area contributed by atoms with Crippen molar-refractivity contribution in [3.8, 4) is 34.0 Å². The Balaban J connectivity index is 0.00000405. The fourth-order valence-corrected chi connectivity index (χ4v) is 6.21. The van der Waals surface area contributed by atoms with Crippen LogP contribution in [0.4, 0.5) is 0 Å². The van der Waals surface area contributed by atoms with E-state index in [-0.39, 0.29) is 26.5 Å². The molecular weight excluding hydrogens is 696 g/mol. The van der Waals surface area contributed by atoms with E-state index in [0.717, 1.165) is 22.5 Å². The van der Waals surface area contributed by atoms with E-state index in [1.165, 1.54) is 47.1 Å². The molecule has 1 aliphatic carbocycles. The molecule has 2 aromatic carbocycles. The zero-order valence-electron chi connectivity index (χ0n) is 26.6. The summed E-state index contributed by atoms with van der Waals surface area (Å²) in [7, 11) is 0. The Labute approximate surface area is 267 Å². The Morgan fingerprint density at radius 1 is 0.833 bits per heavy atom. The van der Waals surface area contributed by atoms with Gasteiger partial charge in [0.05, 0.1) is 0 Å². The minimum Gasteiger partial charge on any atom is -0.497 e. The second kappa shape index (κ2) is 12.5. The molecule has 2 unspecified atom stereocenters. The van der Waals surface area contributed by atoms with Crippen molar-refractivity contribution >= 4 is 0 Å². The molecule has 0 radical (unpaired) electrons. The van der Waals surface area contributed by atoms with Crippen LogP contribution in [0.3, 0.4) is 0 Å². The summed E-state index contributed by atoms with van der Waals surface area (Å²) in [5.74, 6) is 2.53. The van der Waals surface area contributed by atoms with Crippen molar-refractivity contribution in [2.75, 3.05) is 0 Å². The van der Waals surface area contributed by atoms with Gasteiger partial charge in [0.2, 0.25) is 0 Å². The summed E-state index contributed by atoms with van der Waals surface area (Å²) in [6, 6.07) is 21.7. The molecule has 0 amide bonds. The number of rotatable bonds is 5. The zero-order valence-corrected chi connectivity index (χ0v) is 28.9. The van der Waals surface area contributed by atoms with Gasteiger partial charge in [-0.2, -0.15) is 0 Å². The number of hydrogen-bond acceptors (Lipinski definition) is 3. The van der Waals surface area contributed by atoms with Gasteiger partial charge < -0.3 is 14.7 Å². The Hall–Kier alpha value is -2.77. The second-order valence-corrected chi connectivity index (χ2v) is 14.0. The summed E-state index contributed by atoms with van der Waals surface area (Å²) >= 11 is 0. The van der Waals surface area contributed by atoms with Gasteiger partial charge in [-0.25, -0.2) is 0 Å². The predicted molar refractivity (Wildman–Crippen MR) is 170 cm³/mol. The summed E-state index contributed by atoms with van der Waals surface area (Å²) in [6.45, 7) is 20.3. The SMILES string of the molecule is Cc1cnc(-c2[c-]c(Oc3[c-]c(-c4cc(C5CCC(C)(C)CC5C)c(C)cn4)ccc3)cc(C(C)(C)C)c2)cc1C.[Pt+2]. The van der Waals surface area contributed by atoms with Crippen LogP contribution in [-0.2, 0) is 26.5 Å². The van der Waals surface area contributed by atoms with Crippen molar-refractivity contribution in [2.45, 2.75) is 92.9 Å². The maximum absolute atomic E-state index is 6.44. The Bertz CT molecular complexity index is 1570. The van der Waals surface area contributed by atoms with Crippen molar-refractivity contribution in [1.82, 2.24) is 9.97 Å². The molecule has 2 atom stereocenters. The molecule has 222 valence electrons. The van der Waals surface area contributed by atoms with Crippen molar-refractivity contribution in [3.63, 3.8) is 0 Å². The first-order valence-electron chi connectivity index (χ1n) is 15.0. The zero-order chi connectivity index (χ0) is 29.5. The number of pyridine rings is 2. The molecule has 1 aliphatic rings. The number of aryl methyl sites for hydroxylation is 3. The van der Waals surface area contributed by atoms with Crippen LogP contribution >= 0.6 is 0 Å². The summed E-state index contributed by atoms with van der Waals surface area (Å²) in [5, 5.41) is 0. The molecule has 42 heavy (non-hydrogen) atoms. The maximum Gasteiger partial charge on any atom is 2.00 e. The molecule has 0 bridgehead atoms. The Morgan fingerprint density at radius 3 is 2.17 bits per heavy atom. The van der Waals surface area contributed by atoms with Gasteiger partial charge in [0.1, 0.15) is 0 Å². The first-order valence-corrected chi connectivity index (χ1v) is 15.0. The summed E-state index contributed by atoms with van der Waals surface area (Å²) in [6.07, 6.45) is 7.70. The van der Waals surface area contributed by atoms with E-state index in [0.29, 0.717) is 28.7 Å². The predicted octanol–water partition coefficient (Wildman–Crippen LogP) is 10.4. The third-order valence-corrected chi connectivity index (χ3v) is 8.86. The van der Waals surface area contributed by atoms with E-state index in [2.05, 4.69) is 105 Å². The van der Waals surface area contributed by atoms with Gasteiger partial charge in [0.25, 0.3) is 0 Å². The third-order valence-electron chi connectivity index (χ3n) is 8.86. The molecule has 3 nitrogen and oxygen atoms in total. The van der Waals surface area contributed by atoms with E-state index >= 15 is 0 Å². The second-order valence-electron chi connectivity index (χ2n) is 14.0. The smallest absolute Gasteiger partial charge is 0.497 e. The standard InChI is InChI=1S/C38H44N2O.Pt/c1-24-15-35(39-22-26(24)3)29-16-30(37(5,6)7)19-32(18-29)41-31-12-10-11-28(17-31)36-20-34(27(4)23-40-36)33-13-14-38(8,9)21-25(33)2;/h10-12,15-16,19-20,22-23,25,33H,13-14,21H2,1-9H3;/q-2;+2. The number of ether oxygens (including phenoxy) is 1. The average molecular weight is 740 g/mol. The van der Waals surface area contributed by atoms with E-state index in [4.69, 9.17) is 14.7 Å².